The van der Waals surface area contributed by atoms with Gasteiger partial charge in [-0.2, -0.15) is 30.0 Å². The van der Waals surface area contributed by atoms with E-state index in [0.29, 0.717) is 45.1 Å². The number of aryl methyl sites for hydroxylation is 5. The van der Waals surface area contributed by atoms with Gasteiger partial charge in [-0.15, -0.1) is 0 Å². The lowest BCUT2D eigenvalue weighted by atomic mass is 10.0. The molecule has 4 heterocycles. The van der Waals surface area contributed by atoms with Crippen LogP contribution in [0.4, 0.5) is 8.78 Å². The standard InChI is InChI=1S/C28H25ClF2N8O/c1-13-11-32-26(17-8-6-7-16(23(17)30)25-15(3)34-38(5)36-25)24(31)27(13)39-14(2)9-20(22(29)28(39)40)18-10-19(18)21-12-33-37(4)35-21/h6-9,11-12,18-19H,10H2,1-5H3/t18-,19-/m0/s1/i4D3. The first-order valence-corrected chi connectivity index (χ1v) is 12.8. The molecular weight excluding hydrogens is 538 g/mol. The van der Waals surface area contributed by atoms with Gasteiger partial charge in [-0.3, -0.25) is 14.3 Å². The first kappa shape index (κ1) is 22.6. The normalized spacial score (nSPS) is 17.9. The molecule has 0 unspecified atom stereocenters. The summed E-state index contributed by atoms with van der Waals surface area (Å²) in [5, 5.41) is 16.2. The van der Waals surface area contributed by atoms with Crippen LogP contribution in [0.2, 0.25) is 5.02 Å². The predicted molar refractivity (Wildman–Crippen MR) is 146 cm³/mol. The topological polar surface area (TPSA) is 96.3 Å². The van der Waals surface area contributed by atoms with Crippen molar-refractivity contribution in [1.82, 2.24) is 39.5 Å². The smallest absolute Gasteiger partial charge is 0.274 e. The third-order valence-electron chi connectivity index (χ3n) is 7.23. The van der Waals surface area contributed by atoms with Crippen LogP contribution in [0.15, 0.2) is 41.5 Å². The van der Waals surface area contributed by atoms with Crippen molar-refractivity contribution in [3.63, 3.8) is 0 Å². The number of benzene rings is 1. The van der Waals surface area contributed by atoms with Crippen LogP contribution < -0.4 is 5.56 Å². The number of pyridine rings is 2. The number of rotatable bonds is 5. The maximum Gasteiger partial charge on any atom is 0.274 e. The summed E-state index contributed by atoms with van der Waals surface area (Å²) in [5.74, 6) is -1.95. The van der Waals surface area contributed by atoms with Crippen LogP contribution in [-0.4, -0.2) is 39.5 Å². The van der Waals surface area contributed by atoms with Gasteiger partial charge < -0.3 is 0 Å². The average molecular weight is 566 g/mol. The highest BCUT2D eigenvalue weighted by atomic mass is 35.5. The van der Waals surface area contributed by atoms with Crippen molar-refractivity contribution in [3.05, 3.63) is 91.9 Å². The minimum Gasteiger partial charge on any atom is -0.277 e. The van der Waals surface area contributed by atoms with Crippen LogP contribution in [0.1, 0.15) is 50.6 Å². The highest BCUT2D eigenvalue weighted by Crippen LogP contribution is 2.55. The highest BCUT2D eigenvalue weighted by Gasteiger charge is 2.43. The van der Waals surface area contributed by atoms with Gasteiger partial charge in [-0.1, -0.05) is 17.7 Å². The van der Waals surface area contributed by atoms with Crippen molar-refractivity contribution in [3.8, 4) is 28.2 Å². The van der Waals surface area contributed by atoms with Gasteiger partial charge in [-0.05, 0) is 62.4 Å². The van der Waals surface area contributed by atoms with E-state index in [-0.39, 0.29) is 39.4 Å². The molecule has 2 atom stereocenters. The number of hydrogen-bond acceptors (Lipinski definition) is 6. The zero-order chi connectivity index (χ0) is 31.0. The summed E-state index contributed by atoms with van der Waals surface area (Å²) in [6, 6.07) is 6.23. The first-order chi connectivity index (χ1) is 20.3. The summed E-state index contributed by atoms with van der Waals surface area (Å²) in [4.78, 5) is 19.9. The van der Waals surface area contributed by atoms with Crippen molar-refractivity contribution in [2.24, 2.45) is 14.0 Å². The largest absolute Gasteiger partial charge is 0.277 e. The van der Waals surface area contributed by atoms with Crippen molar-refractivity contribution in [2.45, 2.75) is 39.0 Å². The molecule has 1 fully saturated rings. The molecule has 1 saturated carbocycles. The van der Waals surface area contributed by atoms with E-state index in [1.165, 1.54) is 33.9 Å². The van der Waals surface area contributed by atoms with E-state index in [4.69, 9.17) is 15.7 Å². The number of nitrogens with zero attached hydrogens (tertiary/aromatic N) is 8. The second-order valence-electron chi connectivity index (χ2n) is 9.95. The lowest BCUT2D eigenvalue weighted by Crippen LogP contribution is -2.24. The SMILES string of the molecule is [2H]C([2H])([2H])n1ncc([C@H]2C[C@@H]2c2cc(C)n(-c3c(C)cnc(-c4cccc(-c5nn(C)nc5C)c4F)c3F)c(=O)c2Cl)n1. The van der Waals surface area contributed by atoms with E-state index < -0.39 is 24.2 Å². The van der Waals surface area contributed by atoms with E-state index in [0.717, 1.165) is 0 Å². The molecule has 0 saturated heterocycles. The Labute approximate surface area is 237 Å². The van der Waals surface area contributed by atoms with Gasteiger partial charge in [0, 0.05) is 47.1 Å². The molecule has 5 aromatic rings. The molecule has 6 rings (SSSR count). The molecule has 0 bridgehead atoms. The second kappa shape index (κ2) is 9.44. The third-order valence-corrected chi connectivity index (χ3v) is 7.61. The fourth-order valence-corrected chi connectivity index (χ4v) is 5.55. The van der Waals surface area contributed by atoms with Crippen LogP contribution in [0.5, 0.6) is 0 Å². The van der Waals surface area contributed by atoms with E-state index in [9.17, 15) is 4.79 Å². The van der Waals surface area contributed by atoms with E-state index >= 15 is 8.78 Å². The van der Waals surface area contributed by atoms with Crippen molar-refractivity contribution in [1.29, 1.82) is 0 Å². The Kier molecular flexibility index (Phi) is 5.32. The maximum absolute atomic E-state index is 16.3. The van der Waals surface area contributed by atoms with Crippen LogP contribution in [0.25, 0.3) is 28.2 Å². The molecule has 0 spiro atoms. The number of aromatic nitrogens is 8. The average Bonchev–Trinajstić information content (AvgIpc) is 3.40. The van der Waals surface area contributed by atoms with Gasteiger partial charge in [0.05, 0.1) is 23.3 Å². The highest BCUT2D eigenvalue weighted by molar-refractivity contribution is 6.31. The van der Waals surface area contributed by atoms with E-state index in [1.54, 1.807) is 40.0 Å². The number of hydrogen-bond donors (Lipinski definition) is 0. The Bertz CT molecular complexity index is 1980. The van der Waals surface area contributed by atoms with Crippen LogP contribution in [-0.2, 0) is 14.0 Å². The van der Waals surface area contributed by atoms with Crippen molar-refractivity contribution >= 4 is 11.6 Å². The minimum absolute atomic E-state index is 0.0885. The Balaban J connectivity index is 1.41. The molecule has 1 aliphatic carbocycles. The lowest BCUT2D eigenvalue weighted by molar-refractivity contribution is 0.601. The minimum atomic E-state index is -2.50. The van der Waals surface area contributed by atoms with Gasteiger partial charge in [0.25, 0.3) is 5.56 Å². The van der Waals surface area contributed by atoms with Gasteiger partial charge in [0.2, 0.25) is 0 Å². The number of halogens is 3. The van der Waals surface area contributed by atoms with Crippen LogP contribution >= 0.6 is 11.6 Å². The van der Waals surface area contributed by atoms with Crippen LogP contribution in [0, 0.1) is 32.4 Å². The fraction of sp³-hybridized carbons (Fsp3) is 0.286. The molecule has 0 amide bonds. The second-order valence-corrected chi connectivity index (χ2v) is 10.3. The zero-order valence-corrected chi connectivity index (χ0v) is 22.7. The molecule has 40 heavy (non-hydrogen) atoms. The molecule has 1 aliphatic rings. The molecule has 0 N–H and O–H groups in total. The summed E-state index contributed by atoms with van der Waals surface area (Å²) in [6.45, 7) is 2.45. The summed E-state index contributed by atoms with van der Waals surface area (Å²) >= 11 is 6.60. The molecular formula is C28H25ClF2N8O. The fourth-order valence-electron chi connectivity index (χ4n) is 5.27. The summed E-state index contributed by atoms with van der Waals surface area (Å²) in [6.07, 6.45) is 3.37. The Morgan fingerprint density at radius 2 is 1.75 bits per heavy atom. The molecule has 0 radical (unpaired) electrons. The Morgan fingerprint density at radius 1 is 1.00 bits per heavy atom. The molecule has 0 aliphatic heterocycles. The van der Waals surface area contributed by atoms with E-state index in [1.807, 2.05) is 0 Å². The molecule has 204 valence electrons. The van der Waals surface area contributed by atoms with Crippen LogP contribution in [0.3, 0.4) is 0 Å². The van der Waals surface area contributed by atoms with Gasteiger partial charge in [0.1, 0.15) is 22.2 Å². The van der Waals surface area contributed by atoms with Gasteiger partial charge in [-0.25, -0.2) is 8.78 Å². The van der Waals surface area contributed by atoms with Gasteiger partial charge in [0.15, 0.2) is 5.82 Å². The molecule has 12 heteroatoms. The molecule has 1 aromatic carbocycles. The van der Waals surface area contributed by atoms with E-state index in [2.05, 4.69) is 25.4 Å². The Morgan fingerprint density at radius 3 is 2.42 bits per heavy atom. The monoisotopic (exact) mass is 565 g/mol. The summed E-state index contributed by atoms with van der Waals surface area (Å²) < 4.78 is 55.8. The van der Waals surface area contributed by atoms with Crippen molar-refractivity contribution < 1.29 is 12.9 Å². The maximum atomic E-state index is 16.3. The predicted octanol–water partition coefficient (Wildman–Crippen LogP) is 4.95. The Hall–Kier alpha value is -4.25. The first-order valence-electron chi connectivity index (χ1n) is 13.9. The third kappa shape index (κ3) is 4.12. The van der Waals surface area contributed by atoms with Crippen molar-refractivity contribution in [2.75, 3.05) is 0 Å². The summed E-state index contributed by atoms with van der Waals surface area (Å²) in [7, 11) is 1.62. The van der Waals surface area contributed by atoms with Gasteiger partial charge >= 0.3 is 0 Å². The summed E-state index contributed by atoms with van der Waals surface area (Å²) in [5.41, 5.74) is 1.67. The zero-order valence-electron chi connectivity index (χ0n) is 24.9. The lowest BCUT2D eigenvalue weighted by Gasteiger charge is -2.18. The molecule has 9 nitrogen and oxygen atoms in total. The quantitative estimate of drug-likeness (QED) is 0.299. The molecule has 4 aromatic heterocycles.